The molecule has 176 valence electrons. The Hall–Kier alpha value is -2.52. The van der Waals surface area contributed by atoms with Crippen LogP contribution in [0.4, 0.5) is 0 Å². The van der Waals surface area contributed by atoms with Gasteiger partial charge in [-0.2, -0.15) is 0 Å². The van der Waals surface area contributed by atoms with Crippen LogP contribution in [0.2, 0.25) is 0 Å². The molecule has 0 saturated carbocycles. The van der Waals surface area contributed by atoms with Crippen molar-refractivity contribution in [1.82, 2.24) is 20.0 Å². The number of nitrogens with one attached hydrogen (secondary N) is 1. The molecule has 0 spiro atoms. The Morgan fingerprint density at radius 3 is 1.73 bits per heavy atom. The molecule has 0 aromatic heterocycles. The van der Waals surface area contributed by atoms with Crippen molar-refractivity contribution < 1.29 is 18.9 Å². The van der Waals surface area contributed by atoms with Crippen molar-refractivity contribution in [3.8, 4) is 23.0 Å². The number of hydrogen-bond acceptors (Lipinski definition) is 8. The predicted molar refractivity (Wildman–Crippen MR) is 124 cm³/mol. The van der Waals surface area contributed by atoms with E-state index in [1.54, 1.807) is 0 Å². The van der Waals surface area contributed by atoms with Crippen LogP contribution in [0.1, 0.15) is 16.7 Å². The maximum absolute atomic E-state index is 5.70. The Labute approximate surface area is 194 Å². The van der Waals surface area contributed by atoms with E-state index in [0.717, 1.165) is 95.0 Å². The van der Waals surface area contributed by atoms with Gasteiger partial charge in [-0.15, -0.1) is 0 Å². The van der Waals surface area contributed by atoms with E-state index in [1.165, 1.54) is 16.7 Å². The maximum Gasteiger partial charge on any atom is 0.231 e. The monoisotopic (exact) mass is 452 g/mol. The molecule has 4 aliphatic rings. The zero-order chi connectivity index (χ0) is 22.0. The normalized spacial score (nSPS) is 21.0. The topological polar surface area (TPSA) is 58.7 Å². The average molecular weight is 453 g/mol. The lowest BCUT2D eigenvalue weighted by Crippen LogP contribution is -2.45. The third-order valence-electron chi connectivity index (χ3n) is 7.00. The highest BCUT2D eigenvalue weighted by Crippen LogP contribution is 2.36. The van der Waals surface area contributed by atoms with Crippen LogP contribution >= 0.6 is 0 Å². The first kappa shape index (κ1) is 21.0. The average Bonchev–Trinajstić information content (AvgIpc) is 3.50. The van der Waals surface area contributed by atoms with Crippen LogP contribution in [-0.2, 0) is 19.6 Å². The molecule has 0 bridgehead atoms. The zero-order valence-corrected chi connectivity index (χ0v) is 19.1. The molecule has 0 aliphatic carbocycles. The molecule has 1 N–H and O–H groups in total. The lowest BCUT2D eigenvalue weighted by atomic mass is 10.0. The number of rotatable bonds is 6. The zero-order valence-electron chi connectivity index (χ0n) is 19.1. The van der Waals surface area contributed by atoms with Gasteiger partial charge in [-0.1, -0.05) is 6.07 Å². The Morgan fingerprint density at radius 2 is 1.09 bits per heavy atom. The molecule has 2 aromatic carbocycles. The van der Waals surface area contributed by atoms with E-state index in [1.807, 2.05) is 6.07 Å². The summed E-state index contributed by atoms with van der Waals surface area (Å²) in [5.41, 5.74) is 4.01. The molecule has 6 rings (SSSR count). The van der Waals surface area contributed by atoms with Gasteiger partial charge in [0.25, 0.3) is 0 Å². The number of piperazine rings is 2. The minimum atomic E-state index is 0.324. The predicted octanol–water partition coefficient (Wildman–Crippen LogP) is 1.87. The van der Waals surface area contributed by atoms with Gasteiger partial charge in [0.05, 0.1) is 0 Å². The fourth-order valence-corrected chi connectivity index (χ4v) is 5.07. The Kier molecular flexibility index (Phi) is 5.98. The van der Waals surface area contributed by atoms with Crippen molar-refractivity contribution in [2.24, 2.45) is 0 Å². The summed E-state index contributed by atoms with van der Waals surface area (Å²) in [7, 11) is 0. The molecule has 2 fully saturated rings. The highest BCUT2D eigenvalue weighted by Gasteiger charge is 2.23. The number of hydrogen-bond donors (Lipinski definition) is 1. The summed E-state index contributed by atoms with van der Waals surface area (Å²) in [6.45, 7) is 12.1. The molecular formula is C25H32N4O4. The van der Waals surface area contributed by atoms with Gasteiger partial charge in [0.2, 0.25) is 13.6 Å². The highest BCUT2D eigenvalue weighted by molar-refractivity contribution is 5.49. The summed E-state index contributed by atoms with van der Waals surface area (Å²) >= 11 is 0. The van der Waals surface area contributed by atoms with Gasteiger partial charge in [0.1, 0.15) is 0 Å². The Balaban J connectivity index is 1.09. The molecule has 0 radical (unpaired) electrons. The summed E-state index contributed by atoms with van der Waals surface area (Å²) in [6, 6.07) is 10.7. The van der Waals surface area contributed by atoms with Crippen LogP contribution in [0.25, 0.3) is 0 Å². The second-order valence-electron chi connectivity index (χ2n) is 9.24. The van der Waals surface area contributed by atoms with Gasteiger partial charge in [-0.25, -0.2) is 0 Å². The van der Waals surface area contributed by atoms with Crippen molar-refractivity contribution >= 4 is 0 Å². The Bertz CT molecular complexity index is 987. The van der Waals surface area contributed by atoms with E-state index >= 15 is 0 Å². The van der Waals surface area contributed by atoms with Crippen molar-refractivity contribution in [2.45, 2.75) is 19.6 Å². The van der Waals surface area contributed by atoms with E-state index in [0.29, 0.717) is 13.6 Å². The van der Waals surface area contributed by atoms with Gasteiger partial charge in [-0.3, -0.25) is 14.7 Å². The van der Waals surface area contributed by atoms with Crippen LogP contribution in [-0.4, -0.2) is 80.6 Å². The van der Waals surface area contributed by atoms with E-state index in [-0.39, 0.29) is 0 Å². The van der Waals surface area contributed by atoms with Crippen molar-refractivity contribution in [2.75, 3.05) is 65.9 Å². The molecule has 8 heteroatoms. The summed E-state index contributed by atoms with van der Waals surface area (Å²) in [5, 5.41) is 3.44. The minimum Gasteiger partial charge on any atom is -0.454 e. The second-order valence-corrected chi connectivity index (χ2v) is 9.24. The molecule has 4 heterocycles. The van der Waals surface area contributed by atoms with Crippen molar-refractivity contribution in [3.63, 3.8) is 0 Å². The highest BCUT2D eigenvalue weighted by atomic mass is 16.7. The lowest BCUT2D eigenvalue weighted by molar-refractivity contribution is 0.121. The van der Waals surface area contributed by atoms with Gasteiger partial charge < -0.3 is 24.3 Å². The molecule has 0 amide bonds. The standard InChI is InChI=1S/C25H32N4O4/c1-2-22-23(31-17-30-22)11-19(1)14-28-7-9-29(10-8-28)16-21-13-25-24(32-18-33-25)12-20(21)15-27-5-3-26-4-6-27/h1-2,11-13,26H,3-10,14-18H2. The van der Waals surface area contributed by atoms with E-state index < -0.39 is 0 Å². The van der Waals surface area contributed by atoms with Crippen LogP contribution in [0, 0.1) is 0 Å². The SMILES string of the molecule is c1cc2c(cc1CN1CCN(Cc3cc4c(cc3CN3CCNCC3)OCO4)CC1)OCO2. The van der Waals surface area contributed by atoms with Gasteiger partial charge in [-0.05, 0) is 41.0 Å². The third kappa shape index (κ3) is 4.75. The van der Waals surface area contributed by atoms with E-state index in [9.17, 15) is 0 Å². The first-order valence-corrected chi connectivity index (χ1v) is 12.0. The van der Waals surface area contributed by atoms with Crippen LogP contribution in [0.3, 0.4) is 0 Å². The molecule has 8 nitrogen and oxygen atoms in total. The van der Waals surface area contributed by atoms with Crippen molar-refractivity contribution in [3.05, 3.63) is 47.0 Å². The molecule has 2 aromatic rings. The van der Waals surface area contributed by atoms with Gasteiger partial charge >= 0.3 is 0 Å². The molecule has 0 unspecified atom stereocenters. The van der Waals surface area contributed by atoms with Crippen LogP contribution in [0.15, 0.2) is 30.3 Å². The largest absolute Gasteiger partial charge is 0.454 e. The van der Waals surface area contributed by atoms with E-state index in [2.05, 4.69) is 44.3 Å². The minimum absolute atomic E-state index is 0.324. The molecule has 33 heavy (non-hydrogen) atoms. The summed E-state index contributed by atoms with van der Waals surface area (Å²) in [4.78, 5) is 7.62. The second kappa shape index (κ2) is 9.38. The van der Waals surface area contributed by atoms with Crippen LogP contribution in [0.5, 0.6) is 23.0 Å². The fraction of sp³-hybridized carbons (Fsp3) is 0.520. The number of fused-ring (bicyclic) bond motifs is 2. The third-order valence-corrected chi connectivity index (χ3v) is 7.00. The quantitative estimate of drug-likeness (QED) is 0.713. The maximum atomic E-state index is 5.70. The van der Waals surface area contributed by atoms with Crippen molar-refractivity contribution in [1.29, 1.82) is 0 Å². The number of nitrogens with zero attached hydrogens (tertiary/aromatic N) is 3. The molecular weight excluding hydrogens is 420 g/mol. The number of ether oxygens (including phenoxy) is 4. The first-order chi connectivity index (χ1) is 16.3. The fourth-order valence-electron chi connectivity index (χ4n) is 5.07. The number of benzene rings is 2. The first-order valence-electron chi connectivity index (χ1n) is 12.0. The smallest absolute Gasteiger partial charge is 0.231 e. The van der Waals surface area contributed by atoms with Crippen LogP contribution < -0.4 is 24.3 Å². The molecule has 4 aliphatic heterocycles. The molecule has 0 atom stereocenters. The van der Waals surface area contributed by atoms with Gasteiger partial charge in [0, 0.05) is 72.0 Å². The van der Waals surface area contributed by atoms with Gasteiger partial charge in [0.15, 0.2) is 23.0 Å². The Morgan fingerprint density at radius 1 is 0.576 bits per heavy atom. The summed E-state index contributed by atoms with van der Waals surface area (Å²) < 4.78 is 22.3. The lowest BCUT2D eigenvalue weighted by Gasteiger charge is -2.35. The summed E-state index contributed by atoms with van der Waals surface area (Å²) in [6.07, 6.45) is 0. The molecule has 2 saturated heterocycles. The summed E-state index contributed by atoms with van der Waals surface area (Å²) in [5.74, 6) is 3.49. The van der Waals surface area contributed by atoms with E-state index in [4.69, 9.17) is 18.9 Å².